The van der Waals surface area contributed by atoms with Crippen molar-refractivity contribution in [3.63, 3.8) is 0 Å². The van der Waals surface area contributed by atoms with E-state index in [1.54, 1.807) is 11.3 Å². The highest BCUT2D eigenvalue weighted by Crippen LogP contribution is 2.27. The van der Waals surface area contributed by atoms with Gasteiger partial charge in [0.25, 0.3) is 0 Å². The van der Waals surface area contributed by atoms with Crippen LogP contribution >= 0.6 is 11.3 Å². The number of fused-ring (bicyclic) bond motifs is 1. The number of hydrogen-bond acceptors (Lipinski definition) is 2. The molecule has 0 spiro atoms. The number of rotatable bonds is 1. The number of H-pyrrole nitrogens is 1. The smallest absolute Gasteiger partial charge is 0.148 e. The Hall–Kier alpha value is -1.61. The van der Waals surface area contributed by atoms with Crippen LogP contribution in [0.5, 0.6) is 0 Å². The number of imidazole rings is 1. The monoisotopic (exact) mass is 228 g/mol. The maximum atomic E-state index is 4.65. The van der Waals surface area contributed by atoms with Gasteiger partial charge in [0.05, 0.1) is 15.9 Å². The highest BCUT2D eigenvalue weighted by molar-refractivity contribution is 7.15. The van der Waals surface area contributed by atoms with Crippen molar-refractivity contribution in [2.45, 2.75) is 13.8 Å². The van der Waals surface area contributed by atoms with Crippen LogP contribution < -0.4 is 0 Å². The van der Waals surface area contributed by atoms with Gasteiger partial charge in [0, 0.05) is 4.88 Å². The van der Waals surface area contributed by atoms with Gasteiger partial charge in [0.1, 0.15) is 5.82 Å². The first-order valence-corrected chi connectivity index (χ1v) is 6.08. The number of aryl methyl sites for hydroxylation is 2. The number of nitrogens with one attached hydrogen (secondary N) is 1. The van der Waals surface area contributed by atoms with Crippen molar-refractivity contribution in [1.82, 2.24) is 9.97 Å². The zero-order chi connectivity index (χ0) is 11.1. The first kappa shape index (κ1) is 9.60. The zero-order valence-corrected chi connectivity index (χ0v) is 10.1. The number of aromatic nitrogens is 2. The zero-order valence-electron chi connectivity index (χ0n) is 9.24. The van der Waals surface area contributed by atoms with Gasteiger partial charge in [-0.15, -0.1) is 11.3 Å². The Kier molecular flexibility index (Phi) is 2.07. The molecule has 0 atom stereocenters. The summed E-state index contributed by atoms with van der Waals surface area (Å²) >= 11 is 1.77. The molecule has 0 amide bonds. The molecule has 0 radical (unpaired) electrons. The molecule has 3 aromatic rings. The van der Waals surface area contributed by atoms with E-state index in [0.29, 0.717) is 0 Å². The normalized spacial score (nSPS) is 11.1. The third-order valence-electron chi connectivity index (χ3n) is 2.69. The summed E-state index contributed by atoms with van der Waals surface area (Å²) in [7, 11) is 0. The lowest BCUT2D eigenvalue weighted by atomic mass is 10.2. The van der Waals surface area contributed by atoms with Gasteiger partial charge >= 0.3 is 0 Å². The summed E-state index contributed by atoms with van der Waals surface area (Å²) in [5.74, 6) is 0.974. The third-order valence-corrected chi connectivity index (χ3v) is 3.70. The number of nitrogens with zero attached hydrogens (tertiary/aromatic N) is 1. The number of aromatic amines is 1. The molecule has 1 aromatic carbocycles. The van der Waals surface area contributed by atoms with Crippen molar-refractivity contribution >= 4 is 22.4 Å². The van der Waals surface area contributed by atoms with Crippen molar-refractivity contribution in [3.8, 4) is 10.7 Å². The molecule has 0 saturated carbocycles. The lowest BCUT2D eigenvalue weighted by Gasteiger charge is -1.90. The fourth-order valence-electron chi connectivity index (χ4n) is 1.85. The van der Waals surface area contributed by atoms with Crippen molar-refractivity contribution in [2.75, 3.05) is 0 Å². The second-order valence-electron chi connectivity index (χ2n) is 3.97. The molecular formula is C13H12N2S. The molecule has 0 aliphatic carbocycles. The van der Waals surface area contributed by atoms with E-state index in [9.17, 15) is 0 Å². The molecule has 16 heavy (non-hydrogen) atoms. The number of para-hydroxylation sites is 1. The molecular weight excluding hydrogens is 216 g/mol. The van der Waals surface area contributed by atoms with E-state index in [4.69, 9.17) is 0 Å². The molecule has 2 heterocycles. The predicted octanol–water partition coefficient (Wildman–Crippen LogP) is 3.91. The van der Waals surface area contributed by atoms with E-state index >= 15 is 0 Å². The Labute approximate surface area is 98.0 Å². The Morgan fingerprint density at radius 2 is 2.00 bits per heavy atom. The lowest BCUT2D eigenvalue weighted by molar-refractivity contribution is 1.35. The molecule has 0 fully saturated rings. The van der Waals surface area contributed by atoms with Crippen LogP contribution in [0, 0.1) is 13.8 Å². The van der Waals surface area contributed by atoms with Crippen LogP contribution in [0.4, 0.5) is 0 Å². The van der Waals surface area contributed by atoms with Crippen molar-refractivity contribution < 1.29 is 0 Å². The number of benzene rings is 1. The van der Waals surface area contributed by atoms with Crippen molar-refractivity contribution in [1.29, 1.82) is 0 Å². The summed E-state index contributed by atoms with van der Waals surface area (Å²) in [4.78, 5) is 10.5. The minimum atomic E-state index is 0.974. The van der Waals surface area contributed by atoms with Gasteiger partial charge in [-0.25, -0.2) is 4.98 Å². The molecule has 3 heteroatoms. The topological polar surface area (TPSA) is 28.7 Å². The number of thiophene rings is 1. The highest BCUT2D eigenvalue weighted by Gasteiger charge is 2.07. The molecule has 0 unspecified atom stereocenters. The van der Waals surface area contributed by atoms with Gasteiger partial charge in [-0.1, -0.05) is 12.1 Å². The van der Waals surface area contributed by atoms with Crippen LogP contribution in [0.15, 0.2) is 30.3 Å². The van der Waals surface area contributed by atoms with E-state index in [1.165, 1.54) is 15.3 Å². The van der Waals surface area contributed by atoms with Crippen LogP contribution in [0.3, 0.4) is 0 Å². The molecule has 0 saturated heterocycles. The largest absolute Gasteiger partial charge is 0.337 e. The molecule has 80 valence electrons. The van der Waals surface area contributed by atoms with Crippen molar-refractivity contribution in [2.24, 2.45) is 0 Å². The minimum absolute atomic E-state index is 0.974. The average molecular weight is 228 g/mol. The van der Waals surface area contributed by atoms with E-state index in [2.05, 4.69) is 54.1 Å². The Balaban J connectivity index is 2.22. The molecule has 2 nitrogen and oxygen atoms in total. The van der Waals surface area contributed by atoms with Gasteiger partial charge in [0.15, 0.2) is 0 Å². The summed E-state index contributed by atoms with van der Waals surface area (Å²) in [5, 5.41) is 0. The predicted molar refractivity (Wildman–Crippen MR) is 68.9 cm³/mol. The molecule has 0 bridgehead atoms. The Bertz CT molecular complexity index is 649. The van der Waals surface area contributed by atoms with Gasteiger partial charge in [-0.3, -0.25) is 0 Å². The quantitative estimate of drug-likeness (QED) is 0.672. The summed E-state index contributed by atoms with van der Waals surface area (Å²) in [6, 6.07) is 10.5. The molecule has 3 rings (SSSR count). The Morgan fingerprint density at radius 3 is 2.69 bits per heavy atom. The third kappa shape index (κ3) is 1.44. The van der Waals surface area contributed by atoms with Gasteiger partial charge in [-0.05, 0) is 37.6 Å². The van der Waals surface area contributed by atoms with Crippen LogP contribution in [-0.2, 0) is 0 Å². The summed E-state index contributed by atoms with van der Waals surface area (Å²) in [6.45, 7) is 4.20. The molecule has 0 aliphatic heterocycles. The maximum absolute atomic E-state index is 4.65. The van der Waals surface area contributed by atoms with E-state index < -0.39 is 0 Å². The summed E-state index contributed by atoms with van der Waals surface area (Å²) < 4.78 is 0. The van der Waals surface area contributed by atoms with Gasteiger partial charge in [-0.2, -0.15) is 0 Å². The summed E-state index contributed by atoms with van der Waals surface area (Å²) in [6.07, 6.45) is 0. The highest BCUT2D eigenvalue weighted by atomic mass is 32.1. The van der Waals surface area contributed by atoms with E-state index in [-0.39, 0.29) is 0 Å². The maximum Gasteiger partial charge on any atom is 0.148 e. The number of hydrogen-bond donors (Lipinski definition) is 1. The van der Waals surface area contributed by atoms with E-state index in [1.807, 2.05) is 0 Å². The molecule has 2 aromatic heterocycles. The lowest BCUT2D eigenvalue weighted by Crippen LogP contribution is -1.74. The van der Waals surface area contributed by atoms with Gasteiger partial charge < -0.3 is 4.98 Å². The van der Waals surface area contributed by atoms with E-state index in [0.717, 1.165) is 16.9 Å². The Morgan fingerprint density at radius 1 is 1.12 bits per heavy atom. The van der Waals surface area contributed by atoms with Crippen LogP contribution in [-0.4, -0.2) is 9.97 Å². The summed E-state index contributed by atoms with van der Waals surface area (Å²) in [5.41, 5.74) is 3.40. The fourth-order valence-corrected chi connectivity index (χ4v) is 2.67. The average Bonchev–Trinajstić information content (AvgIpc) is 2.84. The van der Waals surface area contributed by atoms with Crippen LogP contribution in [0.25, 0.3) is 21.7 Å². The van der Waals surface area contributed by atoms with Crippen molar-refractivity contribution in [3.05, 3.63) is 40.8 Å². The van der Waals surface area contributed by atoms with Crippen LogP contribution in [0.2, 0.25) is 0 Å². The second kappa shape index (κ2) is 3.46. The standard InChI is InChI=1S/C13H12N2S/c1-8-4-3-5-10-12(8)15-13(14-10)11-7-6-9(2)16-11/h3-7H,1-2H3,(H,14,15). The van der Waals surface area contributed by atoms with Crippen LogP contribution in [0.1, 0.15) is 10.4 Å². The second-order valence-corrected chi connectivity index (χ2v) is 5.25. The van der Waals surface area contributed by atoms with Gasteiger partial charge in [0.2, 0.25) is 0 Å². The first-order chi connectivity index (χ1) is 7.74. The fraction of sp³-hybridized carbons (Fsp3) is 0.154. The molecule has 1 N–H and O–H groups in total. The molecule has 0 aliphatic rings. The SMILES string of the molecule is Cc1ccc(-c2nc3c(C)cccc3[nH]2)s1. The first-order valence-electron chi connectivity index (χ1n) is 5.26. The minimum Gasteiger partial charge on any atom is -0.337 e.